The maximum absolute atomic E-state index is 12.1. The Bertz CT molecular complexity index is 758. The molecule has 2 amide bonds. The number of carboxylic acids is 1. The van der Waals surface area contributed by atoms with Crippen LogP contribution in [-0.4, -0.2) is 50.1 Å². The zero-order chi connectivity index (χ0) is 18.0. The van der Waals surface area contributed by atoms with Crippen LogP contribution < -0.4 is 10.0 Å². The van der Waals surface area contributed by atoms with E-state index in [1.807, 2.05) is 0 Å². The lowest BCUT2D eigenvalue weighted by atomic mass is 10.1. The van der Waals surface area contributed by atoms with Gasteiger partial charge in [-0.1, -0.05) is 0 Å². The maximum Gasteiger partial charge on any atom is 0.321 e. The van der Waals surface area contributed by atoms with Gasteiger partial charge in [0.25, 0.3) is 0 Å². The zero-order valence-corrected chi connectivity index (χ0v) is 14.5. The van der Waals surface area contributed by atoms with Crippen LogP contribution in [0.2, 0.25) is 0 Å². The molecule has 1 saturated heterocycles. The largest absolute Gasteiger partial charge is 0.481 e. The van der Waals surface area contributed by atoms with Gasteiger partial charge in [-0.25, -0.2) is 17.9 Å². The summed E-state index contributed by atoms with van der Waals surface area (Å²) >= 11 is 0. The van der Waals surface area contributed by atoms with Crippen molar-refractivity contribution in [3.05, 3.63) is 24.3 Å². The summed E-state index contributed by atoms with van der Waals surface area (Å²) in [6, 6.07) is 5.54. The van der Waals surface area contributed by atoms with Gasteiger partial charge in [0.2, 0.25) is 10.0 Å². The highest BCUT2D eigenvalue weighted by atomic mass is 32.2. The highest BCUT2D eigenvalue weighted by molar-refractivity contribution is 7.89. The Morgan fingerprint density at radius 2 is 1.84 bits per heavy atom. The first-order chi connectivity index (χ1) is 11.8. The molecule has 1 unspecified atom stereocenters. The topological polar surface area (TPSA) is 116 Å². The Kier molecular flexibility index (Phi) is 4.96. The number of anilines is 1. The predicted octanol–water partition coefficient (Wildman–Crippen LogP) is 1.31. The number of nitrogens with zero attached hydrogens (tertiary/aromatic N) is 1. The van der Waals surface area contributed by atoms with E-state index in [2.05, 4.69) is 10.0 Å². The number of sulfonamides is 1. The van der Waals surface area contributed by atoms with Gasteiger partial charge in [0.15, 0.2) is 0 Å². The minimum Gasteiger partial charge on any atom is -0.481 e. The second-order valence-electron chi connectivity index (χ2n) is 6.52. The lowest BCUT2D eigenvalue weighted by molar-refractivity contribution is -0.141. The molecule has 1 aromatic rings. The monoisotopic (exact) mass is 367 g/mol. The van der Waals surface area contributed by atoms with Crippen molar-refractivity contribution in [2.45, 2.75) is 24.2 Å². The van der Waals surface area contributed by atoms with E-state index in [0.717, 1.165) is 12.8 Å². The van der Waals surface area contributed by atoms with Crippen LogP contribution >= 0.6 is 0 Å². The number of rotatable bonds is 6. The standard InChI is InChI=1S/C16H21N3O5S/c20-15(21)12-7-8-19(10-12)16(22)18-13-3-5-14(6-4-13)25(23,24)17-9-11-1-2-11/h3-6,11-12,17H,1-2,7-10H2,(H,18,22)(H,20,21). The molecule has 1 atom stereocenters. The summed E-state index contributed by atoms with van der Waals surface area (Å²) < 4.78 is 26.9. The first-order valence-corrected chi connectivity index (χ1v) is 9.72. The number of hydrogen-bond donors (Lipinski definition) is 3. The lowest BCUT2D eigenvalue weighted by Crippen LogP contribution is -2.33. The van der Waals surface area contributed by atoms with E-state index in [1.165, 1.54) is 29.2 Å². The number of urea groups is 1. The van der Waals surface area contributed by atoms with Gasteiger partial charge in [0.05, 0.1) is 10.8 Å². The van der Waals surface area contributed by atoms with Crippen molar-refractivity contribution in [2.75, 3.05) is 25.0 Å². The zero-order valence-electron chi connectivity index (χ0n) is 13.6. The molecule has 25 heavy (non-hydrogen) atoms. The van der Waals surface area contributed by atoms with E-state index in [1.54, 1.807) is 0 Å². The number of carboxylic acid groups (broad SMARTS) is 1. The Morgan fingerprint density at radius 1 is 1.16 bits per heavy atom. The summed E-state index contributed by atoms with van der Waals surface area (Å²) in [5.74, 6) is -0.984. The number of amides is 2. The fraction of sp³-hybridized carbons (Fsp3) is 0.500. The molecular formula is C16H21N3O5S. The van der Waals surface area contributed by atoms with E-state index < -0.39 is 21.9 Å². The van der Waals surface area contributed by atoms with Gasteiger partial charge in [-0.2, -0.15) is 0 Å². The minimum absolute atomic E-state index is 0.151. The van der Waals surface area contributed by atoms with Crippen LogP contribution in [-0.2, 0) is 14.8 Å². The molecule has 8 nitrogen and oxygen atoms in total. The van der Waals surface area contributed by atoms with Gasteiger partial charge in [-0.15, -0.1) is 0 Å². The number of aliphatic carboxylic acids is 1. The second-order valence-corrected chi connectivity index (χ2v) is 8.29. The molecule has 1 aromatic carbocycles. The fourth-order valence-electron chi connectivity index (χ4n) is 2.70. The van der Waals surface area contributed by atoms with Gasteiger partial charge in [0.1, 0.15) is 0 Å². The number of carbonyl (C=O) groups excluding carboxylic acids is 1. The Hall–Kier alpha value is -2.13. The van der Waals surface area contributed by atoms with Crippen molar-refractivity contribution in [3.8, 4) is 0 Å². The third kappa shape index (κ3) is 4.49. The summed E-state index contributed by atoms with van der Waals surface area (Å²) in [7, 11) is -3.53. The van der Waals surface area contributed by atoms with E-state index in [0.29, 0.717) is 31.1 Å². The van der Waals surface area contributed by atoms with Crippen LogP contribution in [0.15, 0.2) is 29.2 Å². The molecule has 0 radical (unpaired) electrons. The summed E-state index contributed by atoms with van der Waals surface area (Å²) in [6.45, 7) is 1.03. The van der Waals surface area contributed by atoms with Gasteiger partial charge in [-0.3, -0.25) is 4.79 Å². The van der Waals surface area contributed by atoms with Crippen LogP contribution in [0.3, 0.4) is 0 Å². The SMILES string of the molecule is O=C(O)C1CCN(C(=O)Nc2ccc(S(=O)(=O)NCC3CC3)cc2)C1. The molecule has 0 spiro atoms. The van der Waals surface area contributed by atoms with E-state index in [9.17, 15) is 18.0 Å². The van der Waals surface area contributed by atoms with Crippen LogP contribution in [0.25, 0.3) is 0 Å². The van der Waals surface area contributed by atoms with Gasteiger partial charge in [-0.05, 0) is 49.4 Å². The van der Waals surface area contributed by atoms with Crippen LogP contribution in [0.4, 0.5) is 10.5 Å². The summed E-state index contributed by atoms with van der Waals surface area (Å²) in [5, 5.41) is 11.6. The molecule has 0 bridgehead atoms. The van der Waals surface area contributed by atoms with E-state index >= 15 is 0 Å². The summed E-state index contributed by atoms with van der Waals surface area (Å²) in [5.41, 5.74) is 0.463. The molecule has 2 fully saturated rings. The highest BCUT2D eigenvalue weighted by Gasteiger charge is 2.31. The van der Waals surface area contributed by atoms with Crippen LogP contribution in [0, 0.1) is 11.8 Å². The van der Waals surface area contributed by atoms with Crippen LogP contribution in [0.5, 0.6) is 0 Å². The summed E-state index contributed by atoms with van der Waals surface area (Å²) in [6.07, 6.45) is 2.56. The average Bonchev–Trinajstić information content (AvgIpc) is 3.27. The Morgan fingerprint density at radius 3 is 2.40 bits per heavy atom. The van der Waals surface area contributed by atoms with Crippen molar-refractivity contribution in [1.29, 1.82) is 0 Å². The molecule has 1 aliphatic carbocycles. The molecule has 1 aliphatic heterocycles. The number of carbonyl (C=O) groups is 2. The van der Waals surface area contributed by atoms with Crippen molar-refractivity contribution in [2.24, 2.45) is 11.8 Å². The van der Waals surface area contributed by atoms with Crippen molar-refractivity contribution < 1.29 is 23.1 Å². The molecule has 3 N–H and O–H groups in total. The first kappa shape index (κ1) is 17.7. The van der Waals surface area contributed by atoms with Crippen molar-refractivity contribution in [3.63, 3.8) is 0 Å². The number of benzene rings is 1. The predicted molar refractivity (Wildman–Crippen MR) is 90.7 cm³/mol. The molecule has 136 valence electrons. The second kappa shape index (κ2) is 7.01. The van der Waals surface area contributed by atoms with Crippen molar-refractivity contribution >= 4 is 27.7 Å². The minimum atomic E-state index is -3.53. The number of hydrogen-bond acceptors (Lipinski definition) is 4. The normalized spacial score (nSPS) is 20.5. The number of nitrogens with one attached hydrogen (secondary N) is 2. The molecule has 1 heterocycles. The first-order valence-electron chi connectivity index (χ1n) is 8.23. The Balaban J connectivity index is 1.57. The Labute approximate surface area is 146 Å². The molecule has 9 heteroatoms. The van der Waals surface area contributed by atoms with Crippen molar-refractivity contribution in [1.82, 2.24) is 9.62 Å². The van der Waals surface area contributed by atoms with Gasteiger partial charge >= 0.3 is 12.0 Å². The number of likely N-dealkylation sites (tertiary alicyclic amines) is 1. The van der Waals surface area contributed by atoms with Crippen LogP contribution in [0.1, 0.15) is 19.3 Å². The van der Waals surface area contributed by atoms with E-state index in [4.69, 9.17) is 5.11 Å². The summed E-state index contributed by atoms with van der Waals surface area (Å²) in [4.78, 5) is 24.7. The molecule has 3 rings (SSSR count). The molecular weight excluding hydrogens is 346 g/mol. The molecule has 0 aromatic heterocycles. The molecule has 2 aliphatic rings. The van der Waals surface area contributed by atoms with E-state index in [-0.39, 0.29) is 17.5 Å². The quantitative estimate of drug-likeness (QED) is 0.701. The third-order valence-electron chi connectivity index (χ3n) is 4.50. The average molecular weight is 367 g/mol. The molecule has 1 saturated carbocycles. The smallest absolute Gasteiger partial charge is 0.321 e. The third-order valence-corrected chi connectivity index (χ3v) is 5.94. The fourth-order valence-corrected chi connectivity index (χ4v) is 3.82. The highest BCUT2D eigenvalue weighted by Crippen LogP contribution is 2.28. The lowest BCUT2D eigenvalue weighted by Gasteiger charge is -2.17. The van der Waals surface area contributed by atoms with Gasteiger partial charge < -0.3 is 15.3 Å². The van der Waals surface area contributed by atoms with Gasteiger partial charge in [0, 0.05) is 25.3 Å². The maximum atomic E-state index is 12.1.